The lowest BCUT2D eigenvalue weighted by Crippen LogP contribution is -2.58. The Balaban J connectivity index is 1.73. The summed E-state index contributed by atoms with van der Waals surface area (Å²) in [5.74, 6) is -1.57. The van der Waals surface area contributed by atoms with E-state index < -0.39 is 36.1 Å². The lowest BCUT2D eigenvalue weighted by atomic mass is 10.1. The third kappa shape index (κ3) is 3.85. The highest BCUT2D eigenvalue weighted by atomic mass is 19.3. The zero-order valence-electron chi connectivity index (χ0n) is 17.5. The third-order valence-electron chi connectivity index (χ3n) is 5.52. The van der Waals surface area contributed by atoms with Gasteiger partial charge >= 0.3 is 0 Å². The Hall–Kier alpha value is -3.28. The average Bonchev–Trinajstić information content (AvgIpc) is 3.05. The molecular formula is C20H23F3N6O3. The number of fused-ring (bicyclic) bond motifs is 3. The van der Waals surface area contributed by atoms with Gasteiger partial charge in [0.25, 0.3) is 6.43 Å². The monoisotopic (exact) mass is 452 g/mol. The van der Waals surface area contributed by atoms with E-state index >= 15 is 4.39 Å². The molecule has 3 heterocycles. The summed E-state index contributed by atoms with van der Waals surface area (Å²) in [7, 11) is 1.61. The van der Waals surface area contributed by atoms with Crippen molar-refractivity contribution in [3.8, 4) is 17.1 Å². The van der Waals surface area contributed by atoms with E-state index in [0.29, 0.717) is 11.4 Å². The Morgan fingerprint density at radius 3 is 2.81 bits per heavy atom. The van der Waals surface area contributed by atoms with Crippen LogP contribution in [0.3, 0.4) is 0 Å². The Morgan fingerprint density at radius 1 is 1.38 bits per heavy atom. The topological polar surface area (TPSA) is 106 Å². The molecule has 9 nitrogen and oxygen atoms in total. The van der Waals surface area contributed by atoms with Crippen molar-refractivity contribution in [2.24, 2.45) is 5.73 Å². The van der Waals surface area contributed by atoms with E-state index in [1.54, 1.807) is 17.7 Å². The first-order chi connectivity index (χ1) is 15.2. The standard InChI is InChI=1S/C20H23F3N6O3/c1-10(19(24)31)25-12-4-3-11-17(16(12)21)32-6-5-28-8-14(26-20(11)28)29-13(18(22)23)7-27(2)9-15(29)30/h3-4,8,10,13,18,25H,5-7,9H2,1-2H3,(H2,24,31)/t10?,13-/m0/s1. The minimum Gasteiger partial charge on any atom is -0.488 e. The van der Waals surface area contributed by atoms with Crippen molar-refractivity contribution in [3.05, 3.63) is 24.1 Å². The number of amides is 2. The largest absolute Gasteiger partial charge is 0.488 e. The molecule has 2 atom stereocenters. The highest BCUT2D eigenvalue weighted by Gasteiger charge is 2.39. The molecule has 0 radical (unpaired) electrons. The Bertz CT molecular complexity index is 1060. The first kappa shape index (κ1) is 21.9. The van der Waals surface area contributed by atoms with Crippen LogP contribution < -0.4 is 20.7 Å². The minimum atomic E-state index is -2.75. The van der Waals surface area contributed by atoms with Crippen molar-refractivity contribution in [2.45, 2.75) is 32.0 Å². The zero-order chi connectivity index (χ0) is 23.2. The summed E-state index contributed by atoms with van der Waals surface area (Å²) in [4.78, 5) is 30.9. The summed E-state index contributed by atoms with van der Waals surface area (Å²) in [5, 5.41) is 2.69. The van der Waals surface area contributed by atoms with Gasteiger partial charge in [0.05, 0.1) is 24.3 Å². The molecule has 12 heteroatoms. The second kappa shape index (κ2) is 8.34. The number of carbonyl (C=O) groups excluding carboxylic acids is 2. The van der Waals surface area contributed by atoms with Gasteiger partial charge in [0, 0.05) is 12.7 Å². The molecule has 0 bridgehead atoms. The molecule has 0 aliphatic carbocycles. The number of piperazine rings is 1. The van der Waals surface area contributed by atoms with Crippen LogP contribution in [0.25, 0.3) is 11.4 Å². The molecule has 32 heavy (non-hydrogen) atoms. The number of benzene rings is 1. The van der Waals surface area contributed by atoms with E-state index in [1.165, 1.54) is 24.1 Å². The van der Waals surface area contributed by atoms with Gasteiger partial charge < -0.3 is 20.4 Å². The number of imidazole rings is 1. The van der Waals surface area contributed by atoms with E-state index in [0.717, 1.165) is 4.90 Å². The average molecular weight is 452 g/mol. The molecule has 2 aliphatic heterocycles. The number of nitrogens with zero attached hydrogens (tertiary/aromatic N) is 4. The molecular weight excluding hydrogens is 429 g/mol. The molecule has 1 aromatic heterocycles. The number of rotatable bonds is 5. The molecule has 2 aromatic rings. The molecule has 172 valence electrons. The lowest BCUT2D eigenvalue weighted by Gasteiger charge is -2.37. The summed E-state index contributed by atoms with van der Waals surface area (Å²) in [6, 6.07) is 0.828. The van der Waals surface area contributed by atoms with E-state index in [4.69, 9.17) is 10.5 Å². The van der Waals surface area contributed by atoms with Crippen LogP contribution in [0.2, 0.25) is 0 Å². The van der Waals surface area contributed by atoms with Crippen molar-refractivity contribution < 1.29 is 27.5 Å². The number of aromatic nitrogens is 2. The van der Waals surface area contributed by atoms with E-state index in [9.17, 15) is 18.4 Å². The Kier molecular flexibility index (Phi) is 5.71. The molecule has 2 aliphatic rings. The van der Waals surface area contributed by atoms with Crippen LogP contribution >= 0.6 is 0 Å². The number of hydrogen-bond donors (Lipinski definition) is 2. The number of nitrogens with two attached hydrogens (primary N) is 1. The molecule has 1 unspecified atom stereocenters. The van der Waals surface area contributed by atoms with Crippen molar-refractivity contribution in [1.29, 1.82) is 0 Å². The maximum absolute atomic E-state index is 15.1. The van der Waals surface area contributed by atoms with Crippen LogP contribution in [0.4, 0.5) is 24.7 Å². The summed E-state index contributed by atoms with van der Waals surface area (Å²) in [6.07, 6.45) is -1.25. The van der Waals surface area contributed by atoms with E-state index in [1.807, 2.05) is 0 Å². The van der Waals surface area contributed by atoms with Crippen molar-refractivity contribution in [2.75, 3.05) is 37.0 Å². The zero-order valence-corrected chi connectivity index (χ0v) is 17.5. The maximum atomic E-state index is 15.1. The van der Waals surface area contributed by atoms with Crippen LogP contribution in [0.5, 0.6) is 5.75 Å². The van der Waals surface area contributed by atoms with Crippen LogP contribution in [0, 0.1) is 5.82 Å². The van der Waals surface area contributed by atoms with Gasteiger partial charge in [-0.25, -0.2) is 18.2 Å². The van der Waals surface area contributed by atoms with Gasteiger partial charge in [-0.2, -0.15) is 0 Å². The van der Waals surface area contributed by atoms with E-state index in [2.05, 4.69) is 10.3 Å². The highest BCUT2D eigenvalue weighted by Crippen LogP contribution is 2.39. The SMILES string of the molecule is CC(Nc1ccc2c(c1F)OCCn1cc(N3C(=O)CN(C)C[C@H]3C(F)F)nc1-2)C(N)=O. The number of alkyl halides is 2. The van der Waals surface area contributed by atoms with Crippen molar-refractivity contribution in [3.63, 3.8) is 0 Å². The first-order valence-corrected chi connectivity index (χ1v) is 10.0. The molecule has 0 saturated carbocycles. The fraction of sp³-hybridized carbons (Fsp3) is 0.450. The molecule has 1 fully saturated rings. The molecule has 4 rings (SSSR count). The van der Waals surface area contributed by atoms with Crippen molar-refractivity contribution >= 4 is 23.3 Å². The number of anilines is 2. The predicted octanol–water partition coefficient (Wildman–Crippen LogP) is 1.28. The van der Waals surface area contributed by atoms with Crippen LogP contribution in [-0.2, 0) is 16.1 Å². The number of hydrogen-bond acceptors (Lipinski definition) is 6. The van der Waals surface area contributed by atoms with Gasteiger partial charge in [-0.05, 0) is 26.1 Å². The molecule has 0 spiro atoms. The fourth-order valence-corrected chi connectivity index (χ4v) is 3.89. The van der Waals surface area contributed by atoms with Gasteiger partial charge in [0.1, 0.15) is 24.5 Å². The number of nitrogens with one attached hydrogen (secondary N) is 1. The Labute approximate surface area is 181 Å². The highest BCUT2D eigenvalue weighted by molar-refractivity contribution is 5.95. The second-order valence-corrected chi connectivity index (χ2v) is 7.90. The smallest absolute Gasteiger partial charge is 0.260 e. The molecule has 1 aromatic carbocycles. The Morgan fingerprint density at radius 2 is 2.12 bits per heavy atom. The maximum Gasteiger partial charge on any atom is 0.260 e. The molecule has 1 saturated heterocycles. The van der Waals surface area contributed by atoms with Crippen LogP contribution in [0.15, 0.2) is 18.3 Å². The van der Waals surface area contributed by atoms with Crippen LogP contribution in [-0.4, -0.2) is 71.5 Å². The summed E-state index contributed by atoms with van der Waals surface area (Å²) >= 11 is 0. The van der Waals surface area contributed by atoms with Crippen LogP contribution in [0.1, 0.15) is 6.92 Å². The number of halogens is 3. The van der Waals surface area contributed by atoms with E-state index in [-0.39, 0.29) is 43.5 Å². The number of likely N-dealkylation sites (N-methyl/N-ethyl adjacent to an activating group) is 1. The molecule has 3 N–H and O–H groups in total. The molecule has 2 amide bonds. The first-order valence-electron chi connectivity index (χ1n) is 10.0. The minimum absolute atomic E-state index is 0.00695. The number of ether oxygens (including phenoxy) is 1. The quantitative estimate of drug-likeness (QED) is 0.708. The number of carbonyl (C=O) groups is 2. The summed E-state index contributed by atoms with van der Waals surface area (Å²) in [6.45, 7) is 1.87. The summed E-state index contributed by atoms with van der Waals surface area (Å²) in [5.41, 5.74) is 5.56. The van der Waals surface area contributed by atoms with Gasteiger partial charge in [0.15, 0.2) is 17.4 Å². The fourth-order valence-electron chi connectivity index (χ4n) is 3.89. The lowest BCUT2D eigenvalue weighted by molar-refractivity contribution is -0.123. The number of primary amides is 1. The van der Waals surface area contributed by atoms with Gasteiger partial charge in [0.2, 0.25) is 11.8 Å². The van der Waals surface area contributed by atoms with Gasteiger partial charge in [-0.3, -0.25) is 19.4 Å². The second-order valence-electron chi connectivity index (χ2n) is 7.90. The van der Waals surface area contributed by atoms with Gasteiger partial charge in [-0.15, -0.1) is 0 Å². The predicted molar refractivity (Wildman–Crippen MR) is 110 cm³/mol. The third-order valence-corrected chi connectivity index (χ3v) is 5.52. The van der Waals surface area contributed by atoms with Gasteiger partial charge in [-0.1, -0.05) is 0 Å². The normalized spacial score (nSPS) is 19.8. The van der Waals surface area contributed by atoms with Crippen molar-refractivity contribution in [1.82, 2.24) is 14.5 Å². The summed E-state index contributed by atoms with van der Waals surface area (Å²) < 4.78 is 49.7.